The third kappa shape index (κ3) is 3.44. The first kappa shape index (κ1) is 16.5. The third-order valence-corrected chi connectivity index (χ3v) is 6.67. The molecule has 0 amide bonds. The Morgan fingerprint density at radius 3 is 2.13 bits per heavy atom. The van der Waals surface area contributed by atoms with E-state index < -0.39 is 10.0 Å². The average molecular weight is 395 g/mol. The molecule has 1 heterocycles. The number of anilines is 1. The van der Waals surface area contributed by atoms with E-state index in [4.69, 9.17) is 0 Å². The summed E-state index contributed by atoms with van der Waals surface area (Å²) in [6.45, 7) is 4.32. The summed E-state index contributed by atoms with van der Waals surface area (Å²) in [5.41, 5.74) is 2.17. The van der Waals surface area contributed by atoms with Crippen molar-refractivity contribution in [2.24, 2.45) is 0 Å². The molecular weight excluding hydrogens is 376 g/mol. The number of benzene rings is 2. The van der Waals surface area contributed by atoms with Crippen molar-refractivity contribution in [3.05, 3.63) is 58.6 Å². The van der Waals surface area contributed by atoms with Crippen LogP contribution < -0.4 is 4.90 Å². The Morgan fingerprint density at radius 1 is 0.913 bits per heavy atom. The van der Waals surface area contributed by atoms with Crippen LogP contribution in [0.5, 0.6) is 0 Å². The van der Waals surface area contributed by atoms with Gasteiger partial charge in [0, 0.05) is 30.7 Å². The zero-order valence-electron chi connectivity index (χ0n) is 12.9. The lowest BCUT2D eigenvalue weighted by Crippen LogP contribution is -2.48. The summed E-state index contributed by atoms with van der Waals surface area (Å²) >= 11 is 3.56. The quantitative estimate of drug-likeness (QED) is 0.801. The molecular formula is C17H19BrN2O2S. The summed E-state index contributed by atoms with van der Waals surface area (Å²) in [6, 6.07) is 15.1. The van der Waals surface area contributed by atoms with E-state index in [-0.39, 0.29) is 0 Å². The summed E-state index contributed by atoms with van der Waals surface area (Å²) in [4.78, 5) is 2.59. The smallest absolute Gasteiger partial charge is 0.243 e. The first-order valence-corrected chi connectivity index (χ1v) is 9.78. The van der Waals surface area contributed by atoms with Crippen LogP contribution in [0.3, 0.4) is 0 Å². The van der Waals surface area contributed by atoms with E-state index in [0.29, 0.717) is 31.1 Å². The largest absolute Gasteiger partial charge is 0.368 e. The van der Waals surface area contributed by atoms with Crippen molar-refractivity contribution in [3.63, 3.8) is 0 Å². The molecule has 1 saturated heterocycles. The van der Waals surface area contributed by atoms with E-state index in [1.54, 1.807) is 16.4 Å². The van der Waals surface area contributed by atoms with E-state index in [9.17, 15) is 8.42 Å². The minimum absolute atomic E-state index is 0.373. The summed E-state index contributed by atoms with van der Waals surface area (Å²) < 4.78 is 28.0. The molecule has 0 atom stereocenters. The molecule has 3 rings (SSSR count). The highest BCUT2D eigenvalue weighted by atomic mass is 79.9. The minimum atomic E-state index is -3.40. The maximum Gasteiger partial charge on any atom is 0.243 e. The Labute approximate surface area is 145 Å². The Kier molecular flexibility index (Phi) is 4.75. The third-order valence-electron chi connectivity index (χ3n) is 4.09. The van der Waals surface area contributed by atoms with Gasteiger partial charge in [0.25, 0.3) is 0 Å². The predicted octanol–water partition coefficient (Wildman–Crippen LogP) is 3.27. The first-order chi connectivity index (χ1) is 11.0. The van der Waals surface area contributed by atoms with Crippen molar-refractivity contribution in [2.45, 2.75) is 11.8 Å². The number of nitrogens with zero attached hydrogens (tertiary/aromatic N) is 2. The van der Waals surface area contributed by atoms with Gasteiger partial charge in [0.1, 0.15) is 0 Å². The fraction of sp³-hybridized carbons (Fsp3) is 0.294. The highest BCUT2D eigenvalue weighted by molar-refractivity contribution is 9.10. The van der Waals surface area contributed by atoms with Gasteiger partial charge in [-0.3, -0.25) is 0 Å². The molecule has 2 aromatic rings. The van der Waals surface area contributed by atoms with Crippen LogP contribution in [-0.4, -0.2) is 38.9 Å². The van der Waals surface area contributed by atoms with Crippen LogP contribution in [0.25, 0.3) is 0 Å². The molecule has 0 bridgehead atoms. The Morgan fingerprint density at radius 2 is 1.52 bits per heavy atom. The van der Waals surface area contributed by atoms with Crippen LogP contribution >= 0.6 is 15.9 Å². The van der Waals surface area contributed by atoms with E-state index >= 15 is 0 Å². The summed E-state index contributed by atoms with van der Waals surface area (Å²) in [5.74, 6) is 0. The van der Waals surface area contributed by atoms with Gasteiger partial charge in [-0.05, 0) is 47.1 Å². The van der Waals surface area contributed by atoms with Gasteiger partial charge in [0.2, 0.25) is 10.0 Å². The maximum atomic E-state index is 12.7. The van der Waals surface area contributed by atoms with E-state index in [2.05, 4.69) is 20.8 Å². The minimum Gasteiger partial charge on any atom is -0.368 e. The van der Waals surface area contributed by atoms with Crippen LogP contribution in [0.4, 0.5) is 5.69 Å². The summed E-state index contributed by atoms with van der Waals surface area (Å²) in [5, 5.41) is 0. The molecule has 0 aliphatic carbocycles. The van der Waals surface area contributed by atoms with Crippen LogP contribution in [0.2, 0.25) is 0 Å². The number of piperazine rings is 1. The second-order valence-corrected chi connectivity index (χ2v) is 8.45. The lowest BCUT2D eigenvalue weighted by Gasteiger charge is -2.35. The molecule has 6 heteroatoms. The number of rotatable bonds is 3. The molecule has 0 N–H and O–H groups in total. The van der Waals surface area contributed by atoms with Crippen LogP contribution in [0.15, 0.2) is 57.9 Å². The van der Waals surface area contributed by atoms with E-state index in [1.807, 2.05) is 43.3 Å². The standard InChI is InChI=1S/C17H19BrN2O2S/c1-14-6-8-15(9-7-14)23(21,22)20-12-10-19(11-13-20)17-5-3-2-4-16(17)18/h2-9H,10-13H2,1H3. The monoisotopic (exact) mass is 394 g/mol. The molecule has 0 aromatic heterocycles. The summed E-state index contributed by atoms with van der Waals surface area (Å²) in [7, 11) is -3.40. The number of hydrogen-bond acceptors (Lipinski definition) is 3. The maximum absolute atomic E-state index is 12.7. The number of sulfonamides is 1. The molecule has 122 valence electrons. The van der Waals surface area contributed by atoms with Crippen LogP contribution in [-0.2, 0) is 10.0 Å². The van der Waals surface area contributed by atoms with Gasteiger partial charge in [-0.25, -0.2) is 8.42 Å². The van der Waals surface area contributed by atoms with Gasteiger partial charge in [-0.2, -0.15) is 4.31 Å². The normalized spacial score (nSPS) is 16.5. The fourth-order valence-corrected chi connectivity index (χ4v) is 4.69. The predicted molar refractivity (Wildman–Crippen MR) is 96.3 cm³/mol. The van der Waals surface area contributed by atoms with Crippen molar-refractivity contribution in [2.75, 3.05) is 31.1 Å². The number of hydrogen-bond donors (Lipinski definition) is 0. The SMILES string of the molecule is Cc1ccc(S(=O)(=O)N2CCN(c3ccccc3Br)CC2)cc1. The molecule has 0 spiro atoms. The Hall–Kier alpha value is -1.37. The highest BCUT2D eigenvalue weighted by Crippen LogP contribution is 2.27. The zero-order valence-corrected chi connectivity index (χ0v) is 15.3. The molecule has 1 aliphatic rings. The molecule has 0 radical (unpaired) electrons. The molecule has 23 heavy (non-hydrogen) atoms. The van der Waals surface area contributed by atoms with Gasteiger partial charge < -0.3 is 4.90 Å². The molecule has 0 saturated carbocycles. The zero-order chi connectivity index (χ0) is 16.4. The Balaban J connectivity index is 1.74. The average Bonchev–Trinajstić information content (AvgIpc) is 2.56. The topological polar surface area (TPSA) is 40.6 Å². The van der Waals surface area contributed by atoms with Gasteiger partial charge in [-0.1, -0.05) is 29.8 Å². The molecule has 0 unspecified atom stereocenters. The fourth-order valence-electron chi connectivity index (χ4n) is 2.74. The van der Waals surface area contributed by atoms with Crippen molar-refractivity contribution >= 4 is 31.6 Å². The number of aryl methyl sites for hydroxylation is 1. The number of para-hydroxylation sites is 1. The van der Waals surface area contributed by atoms with Gasteiger partial charge in [0.15, 0.2) is 0 Å². The van der Waals surface area contributed by atoms with Gasteiger partial charge >= 0.3 is 0 Å². The van der Waals surface area contributed by atoms with Gasteiger partial charge in [0.05, 0.1) is 10.6 Å². The van der Waals surface area contributed by atoms with Crippen LogP contribution in [0, 0.1) is 6.92 Å². The van der Waals surface area contributed by atoms with E-state index in [1.165, 1.54) is 0 Å². The first-order valence-electron chi connectivity index (χ1n) is 7.55. The number of halogens is 1. The second kappa shape index (κ2) is 6.63. The lowest BCUT2D eigenvalue weighted by molar-refractivity contribution is 0.385. The van der Waals surface area contributed by atoms with Crippen LogP contribution in [0.1, 0.15) is 5.56 Å². The molecule has 1 fully saturated rings. The molecule has 1 aliphatic heterocycles. The Bertz CT molecular complexity index is 782. The van der Waals surface area contributed by atoms with Crippen molar-refractivity contribution in [1.82, 2.24) is 4.31 Å². The molecule has 2 aromatic carbocycles. The lowest BCUT2D eigenvalue weighted by atomic mass is 10.2. The van der Waals surface area contributed by atoms with Crippen molar-refractivity contribution in [1.29, 1.82) is 0 Å². The van der Waals surface area contributed by atoms with Crippen molar-refractivity contribution < 1.29 is 8.42 Å². The molecule has 4 nitrogen and oxygen atoms in total. The summed E-state index contributed by atoms with van der Waals surface area (Å²) in [6.07, 6.45) is 0. The second-order valence-electron chi connectivity index (χ2n) is 5.66. The van der Waals surface area contributed by atoms with E-state index in [0.717, 1.165) is 15.7 Å². The highest BCUT2D eigenvalue weighted by Gasteiger charge is 2.28. The van der Waals surface area contributed by atoms with Crippen molar-refractivity contribution in [3.8, 4) is 0 Å². The van der Waals surface area contributed by atoms with Gasteiger partial charge in [-0.15, -0.1) is 0 Å².